The number of hydrogen-bond acceptors (Lipinski definition) is 3. The second kappa shape index (κ2) is 8.37. The highest BCUT2D eigenvalue weighted by Gasteiger charge is 2.22. The zero-order chi connectivity index (χ0) is 11.8. The van der Waals surface area contributed by atoms with Crippen molar-refractivity contribution in [2.24, 2.45) is 0 Å². The molecule has 2 nitrogen and oxygen atoms in total. The molecule has 0 aromatic heterocycles. The molecule has 1 N–H and O–H groups in total. The van der Waals surface area contributed by atoms with Gasteiger partial charge in [-0.2, -0.15) is 11.8 Å². The summed E-state index contributed by atoms with van der Waals surface area (Å²) in [5.74, 6) is 1.21. The monoisotopic (exact) mass is 245 g/mol. The summed E-state index contributed by atoms with van der Waals surface area (Å²) >= 11 is 1.99. The first kappa shape index (κ1) is 14.3. The van der Waals surface area contributed by atoms with Gasteiger partial charge in [0.05, 0.1) is 6.10 Å². The molecule has 0 bridgehead atoms. The van der Waals surface area contributed by atoms with E-state index in [1.165, 1.54) is 38.0 Å². The molecule has 0 aliphatic heterocycles. The summed E-state index contributed by atoms with van der Waals surface area (Å²) in [6.45, 7) is 7.98. The first-order chi connectivity index (χ1) is 7.77. The van der Waals surface area contributed by atoms with Crippen LogP contribution in [0.25, 0.3) is 0 Å². The fourth-order valence-corrected chi connectivity index (χ4v) is 3.62. The summed E-state index contributed by atoms with van der Waals surface area (Å²) < 4.78 is 0. The van der Waals surface area contributed by atoms with Crippen molar-refractivity contribution in [1.29, 1.82) is 0 Å². The van der Waals surface area contributed by atoms with Crippen LogP contribution >= 0.6 is 11.8 Å². The molecule has 3 heteroatoms. The topological polar surface area (TPSA) is 23.5 Å². The average Bonchev–Trinajstić information content (AvgIpc) is 2.31. The van der Waals surface area contributed by atoms with E-state index in [-0.39, 0.29) is 6.10 Å². The van der Waals surface area contributed by atoms with Crippen LogP contribution in [-0.2, 0) is 0 Å². The molecule has 1 saturated carbocycles. The molecule has 96 valence electrons. The second-order valence-electron chi connectivity index (χ2n) is 4.64. The van der Waals surface area contributed by atoms with Crippen LogP contribution in [0.2, 0.25) is 0 Å². The maximum absolute atomic E-state index is 9.84. The third kappa shape index (κ3) is 5.07. The molecule has 0 radical (unpaired) electrons. The fraction of sp³-hybridized carbons (Fsp3) is 1.00. The van der Waals surface area contributed by atoms with E-state index in [0.717, 1.165) is 19.5 Å². The van der Waals surface area contributed by atoms with E-state index in [2.05, 4.69) is 18.7 Å². The van der Waals surface area contributed by atoms with Crippen molar-refractivity contribution in [2.45, 2.75) is 57.3 Å². The summed E-state index contributed by atoms with van der Waals surface area (Å²) in [5.41, 5.74) is 0. The Morgan fingerprint density at radius 1 is 1.19 bits per heavy atom. The Hall–Kier alpha value is 0.270. The van der Waals surface area contributed by atoms with Crippen molar-refractivity contribution >= 4 is 11.8 Å². The lowest BCUT2D eigenvalue weighted by Crippen LogP contribution is -2.28. The molecule has 1 aliphatic carbocycles. The predicted octanol–water partition coefficient (Wildman–Crippen LogP) is 2.76. The van der Waals surface area contributed by atoms with Crippen molar-refractivity contribution in [2.75, 3.05) is 25.4 Å². The van der Waals surface area contributed by atoms with Gasteiger partial charge < -0.3 is 10.0 Å². The van der Waals surface area contributed by atoms with Gasteiger partial charge in [0.1, 0.15) is 0 Å². The van der Waals surface area contributed by atoms with Gasteiger partial charge in [-0.3, -0.25) is 0 Å². The number of rotatable bonds is 7. The SMILES string of the molecule is CCN(CC)CCCSC1CCCCC1O. The normalized spacial score (nSPS) is 26.2. The predicted molar refractivity (Wildman–Crippen MR) is 73.1 cm³/mol. The zero-order valence-electron chi connectivity index (χ0n) is 10.8. The molecule has 1 rings (SSSR count). The number of aliphatic hydroxyl groups is 1. The average molecular weight is 245 g/mol. The van der Waals surface area contributed by atoms with Gasteiger partial charge in [0.2, 0.25) is 0 Å². The molecule has 0 aromatic carbocycles. The molecular weight excluding hydrogens is 218 g/mol. The Labute approximate surface area is 105 Å². The maximum Gasteiger partial charge on any atom is 0.0658 e. The fourth-order valence-electron chi connectivity index (χ4n) is 2.33. The standard InChI is InChI=1S/C13H27NOS/c1-3-14(4-2)10-7-11-16-13-9-6-5-8-12(13)15/h12-13,15H,3-11H2,1-2H3. The van der Waals surface area contributed by atoms with E-state index in [1.54, 1.807) is 0 Å². The van der Waals surface area contributed by atoms with Gasteiger partial charge in [-0.05, 0) is 44.6 Å². The second-order valence-corrected chi connectivity index (χ2v) is 5.99. The van der Waals surface area contributed by atoms with Crippen LogP contribution in [0, 0.1) is 0 Å². The molecule has 1 fully saturated rings. The molecule has 0 spiro atoms. The number of nitrogens with zero attached hydrogens (tertiary/aromatic N) is 1. The Kier molecular flexibility index (Phi) is 7.50. The van der Waals surface area contributed by atoms with E-state index in [4.69, 9.17) is 0 Å². The third-order valence-corrected chi connectivity index (χ3v) is 5.02. The molecule has 16 heavy (non-hydrogen) atoms. The summed E-state index contributed by atoms with van der Waals surface area (Å²) in [6, 6.07) is 0. The quantitative estimate of drug-likeness (QED) is 0.698. The molecule has 2 atom stereocenters. The van der Waals surface area contributed by atoms with Gasteiger partial charge in [-0.25, -0.2) is 0 Å². The molecular formula is C13H27NOS. The first-order valence-corrected chi connectivity index (χ1v) is 7.84. The van der Waals surface area contributed by atoms with Crippen LogP contribution in [0.4, 0.5) is 0 Å². The lowest BCUT2D eigenvalue weighted by Gasteiger charge is -2.27. The van der Waals surface area contributed by atoms with Gasteiger partial charge in [0.25, 0.3) is 0 Å². The lowest BCUT2D eigenvalue weighted by atomic mass is 9.97. The van der Waals surface area contributed by atoms with E-state index in [9.17, 15) is 5.11 Å². The van der Waals surface area contributed by atoms with E-state index in [0.29, 0.717) is 5.25 Å². The lowest BCUT2D eigenvalue weighted by molar-refractivity contribution is 0.137. The largest absolute Gasteiger partial charge is 0.392 e. The highest BCUT2D eigenvalue weighted by atomic mass is 32.2. The number of thioether (sulfide) groups is 1. The number of aliphatic hydroxyl groups excluding tert-OH is 1. The minimum Gasteiger partial charge on any atom is -0.392 e. The van der Waals surface area contributed by atoms with Crippen LogP contribution in [0.5, 0.6) is 0 Å². The van der Waals surface area contributed by atoms with E-state index in [1.807, 2.05) is 11.8 Å². The van der Waals surface area contributed by atoms with Crippen molar-refractivity contribution < 1.29 is 5.11 Å². The van der Waals surface area contributed by atoms with Gasteiger partial charge >= 0.3 is 0 Å². The van der Waals surface area contributed by atoms with Crippen LogP contribution in [-0.4, -0.2) is 46.7 Å². The minimum atomic E-state index is -0.0350. The van der Waals surface area contributed by atoms with Crippen LogP contribution < -0.4 is 0 Å². The Bertz CT molecular complexity index is 173. The third-order valence-electron chi connectivity index (χ3n) is 3.51. The first-order valence-electron chi connectivity index (χ1n) is 6.80. The van der Waals surface area contributed by atoms with Crippen LogP contribution in [0.15, 0.2) is 0 Å². The van der Waals surface area contributed by atoms with E-state index >= 15 is 0 Å². The Morgan fingerprint density at radius 3 is 2.50 bits per heavy atom. The van der Waals surface area contributed by atoms with Gasteiger partial charge in [-0.1, -0.05) is 26.7 Å². The maximum atomic E-state index is 9.84. The highest BCUT2D eigenvalue weighted by molar-refractivity contribution is 7.99. The number of hydrogen-bond donors (Lipinski definition) is 1. The van der Waals surface area contributed by atoms with Crippen molar-refractivity contribution in [3.05, 3.63) is 0 Å². The van der Waals surface area contributed by atoms with Gasteiger partial charge in [-0.15, -0.1) is 0 Å². The molecule has 0 aromatic rings. The minimum absolute atomic E-state index is 0.0350. The highest BCUT2D eigenvalue weighted by Crippen LogP contribution is 2.28. The van der Waals surface area contributed by atoms with Crippen molar-refractivity contribution in [3.8, 4) is 0 Å². The molecule has 0 heterocycles. The Morgan fingerprint density at radius 2 is 1.88 bits per heavy atom. The summed E-state index contributed by atoms with van der Waals surface area (Å²) in [4.78, 5) is 2.47. The van der Waals surface area contributed by atoms with Crippen LogP contribution in [0.1, 0.15) is 46.0 Å². The summed E-state index contributed by atoms with van der Waals surface area (Å²) in [7, 11) is 0. The smallest absolute Gasteiger partial charge is 0.0658 e. The molecule has 0 amide bonds. The van der Waals surface area contributed by atoms with Crippen LogP contribution in [0.3, 0.4) is 0 Å². The summed E-state index contributed by atoms with van der Waals surface area (Å²) in [6.07, 6.45) is 6.00. The summed E-state index contributed by atoms with van der Waals surface area (Å²) in [5, 5.41) is 10.4. The zero-order valence-corrected chi connectivity index (χ0v) is 11.6. The van der Waals surface area contributed by atoms with Crippen molar-refractivity contribution in [1.82, 2.24) is 4.90 Å². The van der Waals surface area contributed by atoms with Crippen molar-refractivity contribution in [3.63, 3.8) is 0 Å². The Balaban J connectivity index is 2.05. The molecule has 1 aliphatic rings. The van der Waals surface area contributed by atoms with Gasteiger partial charge in [0, 0.05) is 5.25 Å². The molecule has 0 saturated heterocycles. The van der Waals surface area contributed by atoms with Gasteiger partial charge in [0.15, 0.2) is 0 Å². The van der Waals surface area contributed by atoms with E-state index < -0.39 is 0 Å². The molecule has 2 unspecified atom stereocenters.